The van der Waals surface area contributed by atoms with Crippen LogP contribution in [0.1, 0.15) is 34.1 Å². The molecule has 0 saturated heterocycles. The van der Waals surface area contributed by atoms with Crippen LogP contribution in [0.15, 0.2) is 19.0 Å². The third-order valence-electron chi connectivity index (χ3n) is 0.400. The third-order valence-corrected chi connectivity index (χ3v) is 0.400. The van der Waals surface area contributed by atoms with Gasteiger partial charge in [0.05, 0.1) is 0 Å². The fraction of sp³-hybridized carbons (Fsp3) is 0.625. The fourth-order valence-corrected chi connectivity index (χ4v) is 0.205. The van der Waals surface area contributed by atoms with Crippen LogP contribution in [0.25, 0.3) is 0 Å². The summed E-state index contributed by atoms with van der Waals surface area (Å²) in [7, 11) is 0. The van der Waals surface area contributed by atoms with Gasteiger partial charge in [0.15, 0.2) is 0 Å². The van der Waals surface area contributed by atoms with Gasteiger partial charge in [-0.3, -0.25) is 0 Å². The van der Waals surface area contributed by atoms with E-state index in [0.717, 1.165) is 0 Å². The molecule has 11 heavy (non-hydrogen) atoms. The topological polar surface area (TPSA) is 38.7 Å². The van der Waals surface area contributed by atoms with Gasteiger partial charge in [-0.15, -0.1) is 0 Å². The molecule has 1 aromatic heterocycles. The van der Waals surface area contributed by atoms with E-state index in [1.54, 1.807) is 0 Å². The highest BCUT2D eigenvalue weighted by Crippen LogP contribution is 1.57. The predicted octanol–water partition coefficient (Wildman–Crippen LogP) is 2.31. The second kappa shape index (κ2) is 16.0. The molecule has 1 heterocycles. The van der Waals surface area contributed by atoms with Crippen molar-refractivity contribution in [1.29, 1.82) is 0 Å². The van der Waals surface area contributed by atoms with Gasteiger partial charge in [-0.1, -0.05) is 34.1 Å². The average Bonchev–Trinajstić information content (AvgIpc) is 2.12. The molecule has 0 radical (unpaired) electrons. The van der Waals surface area contributed by atoms with Crippen LogP contribution in [0.3, 0.4) is 0 Å². The first-order valence-electron chi connectivity index (χ1n) is 3.96. The van der Waals surface area contributed by atoms with Gasteiger partial charge in [0, 0.05) is 0 Å². The zero-order valence-electron chi connectivity index (χ0n) is 7.78. The molecule has 3 nitrogen and oxygen atoms in total. The van der Waals surface area contributed by atoms with Crippen LogP contribution in [0.4, 0.5) is 0 Å². The Labute approximate surface area is 68.9 Å². The van der Waals surface area contributed by atoms with Gasteiger partial charge in [0.2, 0.25) is 0 Å². The molecule has 0 spiro atoms. The van der Waals surface area contributed by atoms with Crippen LogP contribution in [-0.2, 0) is 0 Å². The van der Waals surface area contributed by atoms with Crippen LogP contribution in [0.2, 0.25) is 0 Å². The summed E-state index contributed by atoms with van der Waals surface area (Å²) in [4.78, 5) is 10.7. The maximum absolute atomic E-state index is 3.56. The molecule has 1 aromatic rings. The summed E-state index contributed by atoms with van der Waals surface area (Å²) >= 11 is 0. The number of aromatic nitrogens is 3. The summed E-state index contributed by atoms with van der Waals surface area (Å²) in [5.74, 6) is 0. The van der Waals surface area contributed by atoms with E-state index in [1.807, 2.05) is 13.8 Å². The normalized spacial score (nSPS) is 6.55. The molecule has 3 heteroatoms. The largest absolute Gasteiger partial charge is 0.225 e. The van der Waals surface area contributed by atoms with Crippen LogP contribution in [0, 0.1) is 0 Å². The molecular formula is C8H17N3. The lowest BCUT2D eigenvalue weighted by Crippen LogP contribution is -1.73. The first-order valence-corrected chi connectivity index (χ1v) is 3.96. The van der Waals surface area contributed by atoms with Crippen LogP contribution in [-0.4, -0.2) is 15.0 Å². The Kier molecular flexibility index (Phi) is 18.4. The van der Waals surface area contributed by atoms with Gasteiger partial charge in [0.25, 0.3) is 0 Å². The van der Waals surface area contributed by atoms with Crippen LogP contribution >= 0.6 is 0 Å². The summed E-state index contributed by atoms with van der Waals surface area (Å²) < 4.78 is 0. The summed E-state index contributed by atoms with van der Waals surface area (Å²) in [6.45, 7) is 8.25. The van der Waals surface area contributed by atoms with Crippen molar-refractivity contribution in [2.24, 2.45) is 0 Å². The minimum atomic E-state index is 1.25. The fourth-order valence-electron chi connectivity index (χ4n) is 0.205. The van der Waals surface area contributed by atoms with E-state index < -0.39 is 0 Å². The van der Waals surface area contributed by atoms with Crippen molar-refractivity contribution < 1.29 is 0 Å². The van der Waals surface area contributed by atoms with E-state index in [9.17, 15) is 0 Å². The third kappa shape index (κ3) is 17.6. The van der Waals surface area contributed by atoms with Crippen molar-refractivity contribution in [3.8, 4) is 0 Å². The molecule has 0 saturated carbocycles. The molecule has 1 rings (SSSR count). The Morgan fingerprint density at radius 2 is 1.00 bits per heavy atom. The van der Waals surface area contributed by atoms with Gasteiger partial charge in [-0.2, -0.15) is 0 Å². The molecule has 64 valence electrons. The average molecular weight is 155 g/mol. The molecule has 0 aromatic carbocycles. The summed E-state index contributed by atoms with van der Waals surface area (Å²) in [6.07, 6.45) is 5.56. The van der Waals surface area contributed by atoms with Gasteiger partial charge < -0.3 is 0 Å². The van der Waals surface area contributed by atoms with Gasteiger partial charge in [-0.25, -0.2) is 15.0 Å². The lowest BCUT2D eigenvalue weighted by atomic mass is 10.6. The Bertz CT molecular complexity index is 92.2. The SMILES string of the molecule is CC.CCC.c1ncncn1. The molecular weight excluding hydrogens is 138 g/mol. The van der Waals surface area contributed by atoms with E-state index in [4.69, 9.17) is 0 Å². The van der Waals surface area contributed by atoms with Crippen molar-refractivity contribution in [2.75, 3.05) is 0 Å². The predicted molar refractivity (Wildman–Crippen MR) is 47.1 cm³/mol. The van der Waals surface area contributed by atoms with Crippen molar-refractivity contribution >= 4 is 0 Å². The van der Waals surface area contributed by atoms with E-state index in [1.165, 1.54) is 25.4 Å². The van der Waals surface area contributed by atoms with Gasteiger partial charge in [-0.05, 0) is 0 Å². The first kappa shape index (κ1) is 12.7. The number of hydrogen-bond acceptors (Lipinski definition) is 3. The van der Waals surface area contributed by atoms with E-state index >= 15 is 0 Å². The number of hydrogen-bond donors (Lipinski definition) is 0. The summed E-state index contributed by atoms with van der Waals surface area (Å²) in [5.41, 5.74) is 0. The standard InChI is InChI=1S/C3H3N3.C3H8.C2H6/c1-4-2-6-3-5-1;1-3-2;1-2/h1-3H;3H2,1-2H3;1-2H3. The minimum Gasteiger partial charge on any atom is -0.225 e. The second-order valence-electron chi connectivity index (χ2n) is 1.50. The molecule has 0 atom stereocenters. The summed E-state index contributed by atoms with van der Waals surface area (Å²) in [5, 5.41) is 0. The van der Waals surface area contributed by atoms with Crippen LogP contribution in [0.5, 0.6) is 0 Å². The lowest BCUT2D eigenvalue weighted by Gasteiger charge is -1.69. The Morgan fingerprint density at radius 1 is 0.818 bits per heavy atom. The Hall–Kier alpha value is -0.990. The van der Waals surface area contributed by atoms with Crippen molar-refractivity contribution in [3.63, 3.8) is 0 Å². The number of nitrogens with zero attached hydrogens (tertiary/aromatic N) is 3. The first-order chi connectivity index (χ1) is 5.41. The van der Waals surface area contributed by atoms with Gasteiger partial charge >= 0.3 is 0 Å². The van der Waals surface area contributed by atoms with Crippen molar-refractivity contribution in [2.45, 2.75) is 34.1 Å². The molecule has 0 N–H and O–H groups in total. The smallest absolute Gasteiger partial charge is 0.119 e. The monoisotopic (exact) mass is 155 g/mol. The van der Waals surface area contributed by atoms with Crippen LogP contribution < -0.4 is 0 Å². The highest BCUT2D eigenvalue weighted by atomic mass is 14.9. The minimum absolute atomic E-state index is 1.25. The quantitative estimate of drug-likeness (QED) is 0.577. The maximum Gasteiger partial charge on any atom is 0.119 e. The maximum atomic E-state index is 3.56. The molecule has 0 aliphatic heterocycles. The molecule has 0 amide bonds. The molecule has 0 bridgehead atoms. The highest BCUT2D eigenvalue weighted by molar-refractivity contribution is 4.51. The Morgan fingerprint density at radius 3 is 1.09 bits per heavy atom. The van der Waals surface area contributed by atoms with Crippen molar-refractivity contribution in [1.82, 2.24) is 15.0 Å². The highest BCUT2D eigenvalue weighted by Gasteiger charge is 1.59. The zero-order chi connectivity index (χ0) is 8.95. The van der Waals surface area contributed by atoms with E-state index in [0.29, 0.717) is 0 Å². The second-order valence-corrected chi connectivity index (χ2v) is 1.50. The molecule has 0 aliphatic carbocycles. The Balaban J connectivity index is 0. The molecule has 0 aliphatic rings. The zero-order valence-corrected chi connectivity index (χ0v) is 7.78. The number of rotatable bonds is 0. The van der Waals surface area contributed by atoms with Crippen molar-refractivity contribution in [3.05, 3.63) is 19.0 Å². The lowest BCUT2D eigenvalue weighted by molar-refractivity contribution is 1.05. The van der Waals surface area contributed by atoms with E-state index in [2.05, 4.69) is 28.8 Å². The molecule has 0 fully saturated rings. The summed E-state index contributed by atoms with van der Waals surface area (Å²) in [6, 6.07) is 0. The van der Waals surface area contributed by atoms with E-state index in [-0.39, 0.29) is 0 Å². The molecule has 0 unspecified atom stereocenters. The van der Waals surface area contributed by atoms with Gasteiger partial charge in [0.1, 0.15) is 19.0 Å².